The van der Waals surface area contributed by atoms with E-state index in [0.29, 0.717) is 6.04 Å². The topological polar surface area (TPSA) is 15.3 Å². The SMILES string of the molecule is CC(Nc1ccc(CN(C)C)cc1)C1CC2C=CC1C2. The Kier molecular flexibility index (Phi) is 3.84. The van der Waals surface area contributed by atoms with Crippen molar-refractivity contribution in [3.63, 3.8) is 0 Å². The molecule has 0 amide bonds. The van der Waals surface area contributed by atoms with Crippen LogP contribution in [0.1, 0.15) is 25.3 Å². The number of benzene rings is 1. The first-order valence-electron chi connectivity index (χ1n) is 7.80. The Morgan fingerprint density at radius 2 is 1.90 bits per heavy atom. The summed E-state index contributed by atoms with van der Waals surface area (Å²) in [7, 11) is 4.22. The van der Waals surface area contributed by atoms with Gasteiger partial charge in [-0.15, -0.1) is 0 Å². The van der Waals surface area contributed by atoms with Gasteiger partial charge in [0.2, 0.25) is 0 Å². The van der Waals surface area contributed by atoms with Crippen molar-refractivity contribution in [3.05, 3.63) is 42.0 Å². The van der Waals surface area contributed by atoms with E-state index in [4.69, 9.17) is 0 Å². The zero-order chi connectivity index (χ0) is 14.1. The highest BCUT2D eigenvalue weighted by atomic mass is 15.0. The smallest absolute Gasteiger partial charge is 0.0342 e. The fraction of sp³-hybridized carbons (Fsp3) is 0.556. The number of anilines is 1. The molecule has 0 saturated heterocycles. The second-order valence-corrected chi connectivity index (χ2v) is 6.81. The Hall–Kier alpha value is -1.28. The molecule has 2 bridgehead atoms. The molecule has 0 aromatic heterocycles. The van der Waals surface area contributed by atoms with Crippen molar-refractivity contribution in [2.24, 2.45) is 17.8 Å². The molecule has 2 aliphatic rings. The minimum atomic E-state index is 0.564. The van der Waals surface area contributed by atoms with Crippen molar-refractivity contribution in [3.8, 4) is 0 Å². The molecule has 4 unspecified atom stereocenters. The van der Waals surface area contributed by atoms with Crippen molar-refractivity contribution < 1.29 is 0 Å². The van der Waals surface area contributed by atoms with E-state index in [1.807, 2.05) is 0 Å². The first-order valence-corrected chi connectivity index (χ1v) is 7.80. The van der Waals surface area contributed by atoms with Gasteiger partial charge in [-0.25, -0.2) is 0 Å². The lowest BCUT2D eigenvalue weighted by atomic mass is 9.87. The van der Waals surface area contributed by atoms with Crippen molar-refractivity contribution in [2.75, 3.05) is 19.4 Å². The van der Waals surface area contributed by atoms with E-state index >= 15 is 0 Å². The summed E-state index contributed by atoms with van der Waals surface area (Å²) >= 11 is 0. The van der Waals surface area contributed by atoms with E-state index in [-0.39, 0.29) is 0 Å². The molecule has 108 valence electrons. The lowest BCUT2D eigenvalue weighted by Gasteiger charge is -2.27. The van der Waals surface area contributed by atoms with Crippen LogP contribution in [0.5, 0.6) is 0 Å². The van der Waals surface area contributed by atoms with Crippen LogP contribution in [0.25, 0.3) is 0 Å². The lowest BCUT2D eigenvalue weighted by molar-refractivity contribution is 0.399. The van der Waals surface area contributed by atoms with Gasteiger partial charge in [0.05, 0.1) is 0 Å². The Bertz CT molecular complexity index is 475. The van der Waals surface area contributed by atoms with E-state index < -0.39 is 0 Å². The summed E-state index contributed by atoms with van der Waals surface area (Å²) in [5.74, 6) is 2.48. The number of nitrogens with one attached hydrogen (secondary N) is 1. The van der Waals surface area contributed by atoms with Crippen LogP contribution >= 0.6 is 0 Å². The first-order chi connectivity index (χ1) is 9.61. The first kappa shape index (κ1) is 13.7. The van der Waals surface area contributed by atoms with E-state index in [1.54, 1.807) is 0 Å². The van der Waals surface area contributed by atoms with Crippen LogP contribution in [0.2, 0.25) is 0 Å². The number of hydrogen-bond donors (Lipinski definition) is 1. The predicted molar refractivity (Wildman–Crippen MR) is 85.8 cm³/mol. The molecule has 2 aliphatic carbocycles. The minimum Gasteiger partial charge on any atom is -0.382 e. The molecular formula is C18H26N2. The third-order valence-corrected chi connectivity index (χ3v) is 4.82. The maximum atomic E-state index is 3.70. The van der Waals surface area contributed by atoms with Gasteiger partial charge in [-0.05, 0) is 69.3 Å². The van der Waals surface area contributed by atoms with Crippen molar-refractivity contribution in [1.82, 2.24) is 4.90 Å². The van der Waals surface area contributed by atoms with Gasteiger partial charge in [-0.1, -0.05) is 24.3 Å². The Labute approximate surface area is 122 Å². The number of nitrogens with zero attached hydrogens (tertiary/aromatic N) is 1. The van der Waals surface area contributed by atoms with Gasteiger partial charge in [0.25, 0.3) is 0 Å². The molecule has 20 heavy (non-hydrogen) atoms. The average molecular weight is 270 g/mol. The van der Waals surface area contributed by atoms with E-state index in [1.165, 1.54) is 24.1 Å². The van der Waals surface area contributed by atoms with Crippen LogP contribution in [0.4, 0.5) is 5.69 Å². The number of allylic oxidation sites excluding steroid dienone is 2. The van der Waals surface area contributed by atoms with E-state index in [9.17, 15) is 0 Å². The fourth-order valence-electron chi connectivity index (χ4n) is 3.84. The second kappa shape index (κ2) is 5.61. The molecule has 2 heteroatoms. The summed E-state index contributed by atoms with van der Waals surface area (Å²) in [6.07, 6.45) is 7.62. The summed E-state index contributed by atoms with van der Waals surface area (Å²) in [6.45, 7) is 3.35. The zero-order valence-electron chi connectivity index (χ0n) is 12.8. The third kappa shape index (κ3) is 2.90. The van der Waals surface area contributed by atoms with Gasteiger partial charge in [-0.2, -0.15) is 0 Å². The molecule has 4 atom stereocenters. The zero-order valence-corrected chi connectivity index (χ0v) is 12.8. The quantitative estimate of drug-likeness (QED) is 0.820. The summed E-state index contributed by atoms with van der Waals surface area (Å²) in [4.78, 5) is 2.20. The molecule has 0 spiro atoms. The van der Waals surface area contributed by atoms with Crippen LogP contribution < -0.4 is 5.32 Å². The highest BCUT2D eigenvalue weighted by Crippen LogP contribution is 2.45. The molecule has 3 rings (SSSR count). The monoisotopic (exact) mass is 270 g/mol. The number of hydrogen-bond acceptors (Lipinski definition) is 2. The van der Waals surface area contributed by atoms with Gasteiger partial charge in [0.1, 0.15) is 0 Å². The van der Waals surface area contributed by atoms with Crippen LogP contribution in [0.3, 0.4) is 0 Å². The second-order valence-electron chi connectivity index (χ2n) is 6.81. The van der Waals surface area contributed by atoms with Gasteiger partial charge < -0.3 is 10.2 Å². The third-order valence-electron chi connectivity index (χ3n) is 4.82. The standard InChI is InChI=1S/C18H26N2/c1-13(18-11-15-4-7-16(18)10-15)19-17-8-5-14(6-9-17)12-20(2)3/h4-9,13,15-16,18-19H,10-12H2,1-3H3. The van der Waals surface area contributed by atoms with Crippen molar-refractivity contribution in [1.29, 1.82) is 0 Å². The van der Waals surface area contributed by atoms with Crippen molar-refractivity contribution in [2.45, 2.75) is 32.4 Å². The van der Waals surface area contributed by atoms with Gasteiger partial charge in [0, 0.05) is 18.3 Å². The van der Waals surface area contributed by atoms with Crippen LogP contribution in [-0.4, -0.2) is 25.0 Å². The van der Waals surface area contributed by atoms with Gasteiger partial charge >= 0.3 is 0 Å². The molecule has 1 N–H and O–H groups in total. The summed E-state index contributed by atoms with van der Waals surface area (Å²) in [6, 6.07) is 9.47. The summed E-state index contributed by atoms with van der Waals surface area (Å²) < 4.78 is 0. The maximum Gasteiger partial charge on any atom is 0.0342 e. The minimum absolute atomic E-state index is 0.564. The number of rotatable bonds is 5. The molecule has 1 aromatic rings. The molecular weight excluding hydrogens is 244 g/mol. The van der Waals surface area contributed by atoms with E-state index in [0.717, 1.165) is 24.3 Å². The predicted octanol–water partition coefficient (Wildman–Crippen LogP) is 3.76. The highest BCUT2D eigenvalue weighted by Gasteiger charge is 2.38. The highest BCUT2D eigenvalue weighted by molar-refractivity contribution is 5.45. The van der Waals surface area contributed by atoms with Gasteiger partial charge in [-0.3, -0.25) is 0 Å². The molecule has 1 aromatic carbocycles. The molecule has 0 aliphatic heterocycles. The summed E-state index contributed by atoms with van der Waals surface area (Å²) in [5, 5.41) is 3.70. The molecule has 1 fully saturated rings. The number of fused-ring (bicyclic) bond motifs is 2. The normalized spacial score (nSPS) is 29.1. The summed E-state index contributed by atoms with van der Waals surface area (Å²) in [5.41, 5.74) is 2.63. The molecule has 0 heterocycles. The maximum absolute atomic E-state index is 3.70. The lowest BCUT2D eigenvalue weighted by Crippen LogP contribution is -2.28. The van der Waals surface area contributed by atoms with Crippen LogP contribution in [0.15, 0.2) is 36.4 Å². The average Bonchev–Trinajstić information content (AvgIpc) is 3.03. The fourth-order valence-corrected chi connectivity index (χ4v) is 3.84. The molecule has 0 radical (unpaired) electrons. The van der Waals surface area contributed by atoms with Crippen molar-refractivity contribution >= 4 is 5.69 Å². The van der Waals surface area contributed by atoms with Crippen LogP contribution in [-0.2, 0) is 6.54 Å². The molecule has 2 nitrogen and oxygen atoms in total. The van der Waals surface area contributed by atoms with Crippen LogP contribution in [0, 0.1) is 17.8 Å². The Morgan fingerprint density at radius 3 is 2.45 bits per heavy atom. The Morgan fingerprint density at radius 1 is 1.15 bits per heavy atom. The van der Waals surface area contributed by atoms with E-state index in [2.05, 4.69) is 67.7 Å². The molecule has 1 saturated carbocycles. The largest absolute Gasteiger partial charge is 0.382 e. The Balaban J connectivity index is 1.58. The van der Waals surface area contributed by atoms with Gasteiger partial charge in [0.15, 0.2) is 0 Å².